The summed E-state index contributed by atoms with van der Waals surface area (Å²) in [6.07, 6.45) is 1.62. The zero-order valence-electron chi connectivity index (χ0n) is 28.0. The van der Waals surface area contributed by atoms with Crippen molar-refractivity contribution in [3.63, 3.8) is 0 Å². The molecule has 0 unspecified atom stereocenters. The maximum absolute atomic E-state index is 12.7. The zero-order valence-corrected chi connectivity index (χ0v) is 28.0. The highest BCUT2D eigenvalue weighted by atomic mass is 16.3. The van der Waals surface area contributed by atoms with Crippen LogP contribution < -0.4 is 31.5 Å². The number of amides is 3. The lowest BCUT2D eigenvalue weighted by Crippen LogP contribution is -2.47. The summed E-state index contributed by atoms with van der Waals surface area (Å²) < 4.78 is 1.80. The summed E-state index contributed by atoms with van der Waals surface area (Å²) in [5.41, 5.74) is 6.03. The van der Waals surface area contributed by atoms with Gasteiger partial charge in [0.05, 0.1) is 18.4 Å². The Morgan fingerprint density at radius 1 is 0.940 bits per heavy atom. The number of nitrogens with zero attached hydrogens (tertiary/aromatic N) is 5. The van der Waals surface area contributed by atoms with Crippen molar-refractivity contribution >= 4 is 34.9 Å². The molecule has 7 N–H and O–H groups in total. The van der Waals surface area contributed by atoms with E-state index in [2.05, 4.69) is 80.0 Å². The van der Waals surface area contributed by atoms with Crippen LogP contribution in [0.2, 0.25) is 0 Å². The SMILES string of the molecule is CCC(=O)N[C@H]1C[C@@H](n2cnc3c(NCC4c5ccccc5-c5ccccc54)nc(N4CC[C@H](NC(=O)N[C@@H]5CCNC5)C4)nc32)[C@H](O)[C@@H]1O. The van der Waals surface area contributed by atoms with E-state index in [1.807, 2.05) is 0 Å². The van der Waals surface area contributed by atoms with Gasteiger partial charge in [-0.2, -0.15) is 9.97 Å². The summed E-state index contributed by atoms with van der Waals surface area (Å²) in [7, 11) is 0. The van der Waals surface area contributed by atoms with E-state index in [0.717, 1.165) is 25.9 Å². The first-order valence-electron chi connectivity index (χ1n) is 17.7. The van der Waals surface area contributed by atoms with E-state index in [4.69, 9.17) is 15.0 Å². The van der Waals surface area contributed by atoms with Gasteiger partial charge in [-0.15, -0.1) is 0 Å². The van der Waals surface area contributed by atoms with Crippen LogP contribution in [-0.4, -0.2) is 105 Å². The van der Waals surface area contributed by atoms with E-state index in [1.165, 1.54) is 22.3 Å². The molecule has 0 spiro atoms. The normalized spacial score (nSPS) is 25.9. The first-order valence-corrected chi connectivity index (χ1v) is 17.7. The Bertz CT molecular complexity index is 1850. The quantitative estimate of drug-likeness (QED) is 0.138. The van der Waals surface area contributed by atoms with Crippen molar-refractivity contribution in [2.45, 2.75) is 74.9 Å². The Balaban J connectivity index is 1.09. The Morgan fingerprint density at radius 3 is 2.40 bits per heavy atom. The number of rotatable bonds is 9. The van der Waals surface area contributed by atoms with Crippen molar-refractivity contribution < 1.29 is 19.8 Å². The first-order chi connectivity index (χ1) is 24.4. The van der Waals surface area contributed by atoms with Gasteiger partial charge < -0.3 is 46.3 Å². The number of benzene rings is 2. The second kappa shape index (κ2) is 13.5. The van der Waals surface area contributed by atoms with E-state index in [9.17, 15) is 19.8 Å². The van der Waals surface area contributed by atoms with Crippen LogP contribution in [0.4, 0.5) is 16.6 Å². The molecule has 2 aromatic heterocycles. The maximum atomic E-state index is 12.7. The predicted molar refractivity (Wildman–Crippen MR) is 189 cm³/mol. The van der Waals surface area contributed by atoms with Crippen molar-refractivity contribution in [2.24, 2.45) is 0 Å². The van der Waals surface area contributed by atoms with Crippen molar-refractivity contribution in [3.8, 4) is 11.1 Å². The minimum absolute atomic E-state index is 0.0776. The molecule has 14 heteroatoms. The molecule has 262 valence electrons. The summed E-state index contributed by atoms with van der Waals surface area (Å²) in [6, 6.07) is 15.7. The molecule has 8 rings (SSSR count). The fraction of sp³-hybridized carbons (Fsp3) is 0.472. The summed E-state index contributed by atoms with van der Waals surface area (Å²) in [4.78, 5) is 41.7. The number of fused-ring (bicyclic) bond motifs is 4. The number of aromatic nitrogens is 4. The van der Waals surface area contributed by atoms with E-state index >= 15 is 0 Å². The average molecular weight is 681 g/mol. The third-order valence-corrected chi connectivity index (χ3v) is 10.7. The molecular formula is C36H44N10O4. The minimum Gasteiger partial charge on any atom is -0.388 e. The number of nitrogens with one attached hydrogen (secondary N) is 5. The predicted octanol–water partition coefficient (Wildman–Crippen LogP) is 1.85. The van der Waals surface area contributed by atoms with Crippen LogP contribution in [0.15, 0.2) is 54.9 Å². The minimum atomic E-state index is -1.13. The largest absolute Gasteiger partial charge is 0.388 e. The fourth-order valence-electron chi connectivity index (χ4n) is 8.08. The average Bonchev–Trinajstić information content (AvgIpc) is 3.97. The molecule has 4 aliphatic rings. The van der Waals surface area contributed by atoms with E-state index in [1.54, 1.807) is 17.8 Å². The second-order valence-corrected chi connectivity index (χ2v) is 13.9. The number of carbonyl (C=O) groups excluding carboxylic acids is 2. The first kappa shape index (κ1) is 32.4. The van der Waals surface area contributed by atoms with E-state index in [0.29, 0.717) is 49.0 Å². The Morgan fingerprint density at radius 2 is 1.68 bits per heavy atom. The Labute approximate surface area is 290 Å². The second-order valence-electron chi connectivity index (χ2n) is 13.9. The van der Waals surface area contributed by atoms with Crippen molar-refractivity contribution in [1.29, 1.82) is 0 Å². The van der Waals surface area contributed by atoms with Crippen LogP contribution in [0.25, 0.3) is 22.3 Å². The number of hydrogen-bond acceptors (Lipinski definition) is 10. The van der Waals surface area contributed by atoms with Crippen LogP contribution in [0.3, 0.4) is 0 Å². The molecule has 2 aliphatic heterocycles. The van der Waals surface area contributed by atoms with Gasteiger partial charge in [-0.3, -0.25) is 4.79 Å². The van der Waals surface area contributed by atoms with Gasteiger partial charge in [-0.05, 0) is 48.1 Å². The summed E-state index contributed by atoms with van der Waals surface area (Å²) in [6.45, 7) is 5.19. The molecule has 3 fully saturated rings. The monoisotopic (exact) mass is 680 g/mol. The third-order valence-electron chi connectivity index (χ3n) is 10.7. The fourth-order valence-corrected chi connectivity index (χ4v) is 8.08. The van der Waals surface area contributed by atoms with Gasteiger partial charge in [0.2, 0.25) is 11.9 Å². The van der Waals surface area contributed by atoms with Crippen LogP contribution in [0.5, 0.6) is 0 Å². The lowest BCUT2D eigenvalue weighted by atomic mass is 9.97. The summed E-state index contributed by atoms with van der Waals surface area (Å²) in [5, 5.41) is 38.0. The van der Waals surface area contributed by atoms with Crippen molar-refractivity contribution in [3.05, 3.63) is 66.0 Å². The van der Waals surface area contributed by atoms with Crippen LogP contribution in [-0.2, 0) is 4.79 Å². The molecule has 6 atom stereocenters. The topological polar surface area (TPSA) is 182 Å². The van der Waals surface area contributed by atoms with E-state index < -0.39 is 24.3 Å². The van der Waals surface area contributed by atoms with Crippen molar-refractivity contribution in [1.82, 2.24) is 40.8 Å². The van der Waals surface area contributed by atoms with Crippen LogP contribution >= 0.6 is 0 Å². The van der Waals surface area contributed by atoms with Gasteiger partial charge >= 0.3 is 6.03 Å². The highest BCUT2D eigenvalue weighted by molar-refractivity contribution is 5.85. The molecule has 0 bridgehead atoms. The van der Waals surface area contributed by atoms with Gasteiger partial charge in [0, 0.05) is 50.6 Å². The van der Waals surface area contributed by atoms with Gasteiger partial charge in [0.15, 0.2) is 17.0 Å². The number of urea groups is 1. The lowest BCUT2D eigenvalue weighted by molar-refractivity contribution is -0.122. The maximum Gasteiger partial charge on any atom is 0.315 e. The summed E-state index contributed by atoms with van der Waals surface area (Å²) >= 11 is 0. The molecule has 0 radical (unpaired) electrons. The molecular weight excluding hydrogens is 636 g/mol. The van der Waals surface area contributed by atoms with Gasteiger partial charge in [-0.25, -0.2) is 9.78 Å². The van der Waals surface area contributed by atoms with Crippen molar-refractivity contribution in [2.75, 3.05) is 42.9 Å². The molecule has 50 heavy (non-hydrogen) atoms. The molecule has 14 nitrogen and oxygen atoms in total. The molecule has 2 aliphatic carbocycles. The summed E-state index contributed by atoms with van der Waals surface area (Å²) in [5.74, 6) is 0.968. The number of carbonyl (C=O) groups is 2. The molecule has 2 saturated heterocycles. The standard InChI is InChI=1S/C36H44N10O4/c1-2-29(47)42-27-15-28(32(49)31(27)48)46-19-39-30-33(38-17-26-24-9-5-3-7-22(24)23-8-4-6-10-25(23)26)43-35(44-34(30)46)45-14-12-21(18-45)41-36(50)40-20-11-13-37-16-20/h3-10,19-21,26-28,31-32,37,48-49H,2,11-18H2,1H3,(H,42,47)(H,38,43,44)(H2,40,41,50)/t20-,21+,27+,28-,31-,32+/m1/s1. The van der Waals surface area contributed by atoms with Gasteiger partial charge in [-0.1, -0.05) is 55.5 Å². The smallest absolute Gasteiger partial charge is 0.315 e. The third kappa shape index (κ3) is 6.01. The highest BCUT2D eigenvalue weighted by Crippen LogP contribution is 2.44. The number of aliphatic hydroxyl groups is 2. The van der Waals surface area contributed by atoms with Crippen LogP contribution in [0, 0.1) is 0 Å². The number of anilines is 2. The molecule has 4 heterocycles. The van der Waals surface area contributed by atoms with E-state index in [-0.39, 0.29) is 36.4 Å². The molecule has 3 amide bonds. The number of imidazole rings is 1. The van der Waals surface area contributed by atoms with Crippen LogP contribution in [0.1, 0.15) is 55.7 Å². The Kier molecular flexibility index (Phi) is 8.75. The Hall–Kier alpha value is -4.79. The lowest BCUT2D eigenvalue weighted by Gasteiger charge is -2.21. The number of hydrogen-bond donors (Lipinski definition) is 7. The molecule has 4 aromatic rings. The van der Waals surface area contributed by atoms with Gasteiger partial charge in [0.1, 0.15) is 12.2 Å². The highest BCUT2D eigenvalue weighted by Gasteiger charge is 2.44. The number of aliphatic hydroxyl groups excluding tert-OH is 2. The van der Waals surface area contributed by atoms with Gasteiger partial charge in [0.25, 0.3) is 0 Å². The molecule has 1 saturated carbocycles. The molecule has 2 aromatic carbocycles. The zero-order chi connectivity index (χ0) is 34.4.